The molecule has 0 radical (unpaired) electrons. The number of rotatable bonds is 5. The fourth-order valence-corrected chi connectivity index (χ4v) is 1.83. The Morgan fingerprint density at radius 2 is 1.78 bits per heavy atom. The van der Waals surface area contributed by atoms with Crippen molar-refractivity contribution in [1.29, 1.82) is 0 Å². The number of benzene rings is 2. The minimum absolute atomic E-state index is 0. The zero-order chi connectivity index (χ0) is 15.9. The summed E-state index contributed by atoms with van der Waals surface area (Å²) in [5.74, 6) is 0.650. The van der Waals surface area contributed by atoms with Gasteiger partial charge in [-0.15, -0.1) is 24.0 Å². The van der Waals surface area contributed by atoms with E-state index in [0.717, 1.165) is 5.69 Å². The number of aliphatic imine (C=N–C) groups is 1. The van der Waals surface area contributed by atoms with Crippen LogP contribution < -0.4 is 15.8 Å². The highest BCUT2D eigenvalue weighted by Crippen LogP contribution is 2.13. The molecule has 1 unspecified atom stereocenters. The van der Waals surface area contributed by atoms with Crippen molar-refractivity contribution in [3.05, 3.63) is 59.9 Å². The molecule has 3 N–H and O–H groups in total. The highest BCUT2D eigenvalue weighted by Gasteiger charge is 2.04. The Hall–Kier alpha value is -1.83. The molecular weight excluding hydrogens is 408 g/mol. The van der Waals surface area contributed by atoms with Crippen LogP contribution in [0.3, 0.4) is 0 Å². The van der Waals surface area contributed by atoms with E-state index >= 15 is 0 Å². The van der Waals surface area contributed by atoms with Crippen molar-refractivity contribution in [2.45, 2.75) is 20.0 Å². The number of nitrogens with two attached hydrogens (primary N) is 1. The zero-order valence-corrected chi connectivity index (χ0v) is 15.5. The number of nitrogens with zero attached hydrogens (tertiary/aromatic N) is 1. The molecule has 0 aliphatic heterocycles. The average Bonchev–Trinajstić information content (AvgIpc) is 2.50. The Kier molecular flexibility index (Phi) is 7.80. The van der Waals surface area contributed by atoms with E-state index in [2.05, 4.69) is 10.3 Å². The van der Waals surface area contributed by atoms with E-state index in [0.29, 0.717) is 18.3 Å². The van der Waals surface area contributed by atoms with Gasteiger partial charge in [0.05, 0.1) is 6.54 Å². The van der Waals surface area contributed by atoms with Crippen LogP contribution in [0.5, 0.6) is 5.75 Å². The van der Waals surface area contributed by atoms with Gasteiger partial charge in [-0.25, -0.2) is 9.38 Å². The van der Waals surface area contributed by atoms with Gasteiger partial charge in [-0.1, -0.05) is 17.7 Å². The number of hydrogen-bond donors (Lipinski definition) is 2. The molecule has 0 aromatic heterocycles. The van der Waals surface area contributed by atoms with Crippen LogP contribution in [0.1, 0.15) is 12.5 Å². The summed E-state index contributed by atoms with van der Waals surface area (Å²) in [6.45, 7) is 4.31. The predicted octanol–water partition coefficient (Wildman–Crippen LogP) is 3.95. The monoisotopic (exact) mass is 429 g/mol. The summed E-state index contributed by atoms with van der Waals surface area (Å²) < 4.78 is 18.4. The molecule has 0 aliphatic rings. The molecule has 0 aliphatic carbocycles. The minimum Gasteiger partial charge on any atom is -0.489 e. The maximum Gasteiger partial charge on any atom is 0.193 e. The van der Waals surface area contributed by atoms with Crippen molar-refractivity contribution in [1.82, 2.24) is 0 Å². The lowest BCUT2D eigenvalue weighted by Crippen LogP contribution is -2.25. The summed E-state index contributed by atoms with van der Waals surface area (Å²) in [5, 5.41) is 3.02. The van der Waals surface area contributed by atoms with E-state index in [-0.39, 0.29) is 35.9 Å². The molecule has 6 heteroatoms. The average molecular weight is 429 g/mol. The summed E-state index contributed by atoms with van der Waals surface area (Å²) in [4.78, 5) is 4.24. The Morgan fingerprint density at radius 1 is 1.17 bits per heavy atom. The zero-order valence-electron chi connectivity index (χ0n) is 13.1. The lowest BCUT2D eigenvalue weighted by atomic mass is 10.2. The molecule has 0 saturated carbocycles. The number of guanidine groups is 1. The summed E-state index contributed by atoms with van der Waals surface area (Å²) >= 11 is 0. The molecule has 1 atom stereocenters. The molecule has 2 aromatic rings. The number of halogens is 2. The fraction of sp³-hybridized carbons (Fsp3) is 0.235. The second-order valence-electron chi connectivity index (χ2n) is 5.10. The van der Waals surface area contributed by atoms with Gasteiger partial charge in [0.15, 0.2) is 5.96 Å². The van der Waals surface area contributed by atoms with E-state index in [1.807, 2.05) is 38.1 Å². The third kappa shape index (κ3) is 6.85. The molecule has 0 spiro atoms. The molecule has 0 bridgehead atoms. The fourth-order valence-electron chi connectivity index (χ4n) is 1.83. The van der Waals surface area contributed by atoms with Gasteiger partial charge in [-0.3, -0.25) is 0 Å². The van der Waals surface area contributed by atoms with Crippen molar-refractivity contribution in [3.63, 3.8) is 0 Å². The maximum absolute atomic E-state index is 12.8. The van der Waals surface area contributed by atoms with Crippen LogP contribution in [0.4, 0.5) is 10.1 Å². The highest BCUT2D eigenvalue weighted by atomic mass is 127. The first kappa shape index (κ1) is 19.2. The molecule has 2 aromatic carbocycles. The minimum atomic E-state index is -0.287. The molecule has 4 nitrogen and oxygen atoms in total. The Morgan fingerprint density at radius 3 is 2.39 bits per heavy atom. The number of aryl methyl sites for hydroxylation is 1. The first-order chi connectivity index (χ1) is 10.5. The number of hydrogen-bond acceptors (Lipinski definition) is 2. The molecule has 0 heterocycles. The van der Waals surface area contributed by atoms with Gasteiger partial charge in [0.2, 0.25) is 0 Å². The Labute approximate surface area is 153 Å². The second kappa shape index (κ2) is 9.34. The molecule has 2 rings (SSSR count). The van der Waals surface area contributed by atoms with Crippen molar-refractivity contribution in [2.75, 3.05) is 11.9 Å². The van der Waals surface area contributed by atoms with Crippen LogP contribution >= 0.6 is 24.0 Å². The largest absolute Gasteiger partial charge is 0.489 e. The highest BCUT2D eigenvalue weighted by molar-refractivity contribution is 14.0. The maximum atomic E-state index is 12.8. The Balaban J connectivity index is 0.00000264. The summed E-state index contributed by atoms with van der Waals surface area (Å²) in [5.41, 5.74) is 7.91. The number of nitrogens with one attached hydrogen (secondary N) is 1. The normalized spacial score (nSPS) is 12.2. The Bertz CT molecular complexity index is 629. The molecular formula is C17H21FIN3O. The van der Waals surface area contributed by atoms with E-state index in [1.54, 1.807) is 12.1 Å². The lowest BCUT2D eigenvalue weighted by molar-refractivity contribution is 0.230. The van der Waals surface area contributed by atoms with Crippen molar-refractivity contribution < 1.29 is 9.13 Å². The van der Waals surface area contributed by atoms with Crippen molar-refractivity contribution in [3.8, 4) is 5.75 Å². The summed E-state index contributed by atoms with van der Waals surface area (Å²) in [7, 11) is 0. The SMILES string of the molecule is Cc1ccc(NC(N)=NCC(C)Oc2ccc(F)cc2)cc1.I. The molecule has 124 valence electrons. The lowest BCUT2D eigenvalue weighted by Gasteiger charge is -2.13. The van der Waals surface area contributed by atoms with E-state index in [9.17, 15) is 4.39 Å². The molecule has 0 fully saturated rings. The third-order valence-corrected chi connectivity index (χ3v) is 2.99. The standard InChI is InChI=1S/C17H20FN3O.HI/c1-12-3-7-15(8-4-12)21-17(19)20-11-13(2)22-16-9-5-14(18)6-10-16;/h3-10,13H,11H2,1-2H3,(H3,19,20,21);1H. The third-order valence-electron chi connectivity index (χ3n) is 2.99. The quantitative estimate of drug-likeness (QED) is 0.430. The van der Waals surface area contributed by atoms with E-state index < -0.39 is 0 Å². The van der Waals surface area contributed by atoms with Crippen LogP contribution in [0.15, 0.2) is 53.5 Å². The smallest absolute Gasteiger partial charge is 0.193 e. The van der Waals surface area contributed by atoms with Crippen LogP contribution in [0, 0.1) is 12.7 Å². The van der Waals surface area contributed by atoms with Gasteiger partial charge >= 0.3 is 0 Å². The van der Waals surface area contributed by atoms with Crippen LogP contribution in [-0.4, -0.2) is 18.6 Å². The van der Waals surface area contributed by atoms with Gasteiger partial charge in [0.1, 0.15) is 17.7 Å². The number of anilines is 1. The van der Waals surface area contributed by atoms with Crippen LogP contribution in [0.25, 0.3) is 0 Å². The molecule has 23 heavy (non-hydrogen) atoms. The van der Waals surface area contributed by atoms with Crippen LogP contribution in [0.2, 0.25) is 0 Å². The van der Waals surface area contributed by atoms with Gasteiger partial charge in [-0.2, -0.15) is 0 Å². The van der Waals surface area contributed by atoms with Gasteiger partial charge in [0, 0.05) is 5.69 Å². The van der Waals surface area contributed by atoms with Crippen molar-refractivity contribution >= 4 is 35.6 Å². The molecule has 0 saturated heterocycles. The second-order valence-corrected chi connectivity index (χ2v) is 5.10. The topological polar surface area (TPSA) is 59.6 Å². The predicted molar refractivity (Wildman–Crippen MR) is 103 cm³/mol. The van der Waals surface area contributed by atoms with E-state index in [4.69, 9.17) is 10.5 Å². The molecule has 0 amide bonds. The first-order valence-corrected chi connectivity index (χ1v) is 7.09. The van der Waals surface area contributed by atoms with E-state index in [1.165, 1.54) is 17.7 Å². The van der Waals surface area contributed by atoms with Gasteiger partial charge in [0.25, 0.3) is 0 Å². The van der Waals surface area contributed by atoms with Gasteiger partial charge in [-0.05, 0) is 50.2 Å². The van der Waals surface area contributed by atoms with Gasteiger partial charge < -0.3 is 15.8 Å². The van der Waals surface area contributed by atoms with Crippen molar-refractivity contribution in [2.24, 2.45) is 10.7 Å². The van der Waals surface area contributed by atoms with Crippen LogP contribution in [-0.2, 0) is 0 Å². The summed E-state index contributed by atoms with van der Waals surface area (Å²) in [6.07, 6.45) is -0.163. The first-order valence-electron chi connectivity index (χ1n) is 7.09. The number of ether oxygens (including phenoxy) is 1. The summed E-state index contributed by atoms with van der Waals surface area (Å²) in [6, 6.07) is 13.8.